The number of halogens is 1. The maximum atomic E-state index is 13.6. The fourth-order valence-electron chi connectivity index (χ4n) is 3.27. The SMILES string of the molecule is COC(=O)CN(C)C(=O)CC[C@@]1(Cc2ccc(F)c(OC)c2)CCC(=O)N1. The molecule has 0 aliphatic carbocycles. The highest BCUT2D eigenvalue weighted by Crippen LogP contribution is 2.31. The molecule has 1 aromatic rings. The third-order valence-corrected chi connectivity index (χ3v) is 4.83. The molecule has 1 aliphatic rings. The van der Waals surface area contributed by atoms with Crippen LogP contribution in [0, 0.1) is 5.82 Å². The molecule has 1 heterocycles. The van der Waals surface area contributed by atoms with Gasteiger partial charge in [0.1, 0.15) is 6.54 Å². The van der Waals surface area contributed by atoms with Gasteiger partial charge in [0.05, 0.1) is 14.2 Å². The van der Waals surface area contributed by atoms with Crippen LogP contribution in [-0.4, -0.2) is 56.0 Å². The second kappa shape index (κ2) is 8.83. The largest absolute Gasteiger partial charge is 0.494 e. The molecular formula is C19H25FN2O5. The molecule has 1 N–H and O–H groups in total. The van der Waals surface area contributed by atoms with Gasteiger partial charge >= 0.3 is 5.97 Å². The molecule has 0 aromatic heterocycles. The van der Waals surface area contributed by atoms with Gasteiger partial charge in [-0.1, -0.05) is 6.07 Å². The third-order valence-electron chi connectivity index (χ3n) is 4.83. The number of nitrogens with one attached hydrogen (secondary N) is 1. The lowest BCUT2D eigenvalue weighted by Gasteiger charge is -2.30. The van der Waals surface area contributed by atoms with E-state index >= 15 is 0 Å². The first-order valence-electron chi connectivity index (χ1n) is 8.73. The summed E-state index contributed by atoms with van der Waals surface area (Å²) in [5, 5.41) is 2.98. The smallest absolute Gasteiger partial charge is 0.325 e. The van der Waals surface area contributed by atoms with E-state index in [-0.39, 0.29) is 30.5 Å². The first-order valence-corrected chi connectivity index (χ1v) is 8.73. The lowest BCUT2D eigenvalue weighted by atomic mass is 9.84. The van der Waals surface area contributed by atoms with Gasteiger partial charge in [-0.05, 0) is 37.0 Å². The molecule has 1 aliphatic heterocycles. The average molecular weight is 380 g/mol. The molecular weight excluding hydrogens is 355 g/mol. The minimum Gasteiger partial charge on any atom is -0.494 e. The zero-order valence-electron chi connectivity index (χ0n) is 15.8. The van der Waals surface area contributed by atoms with Crippen molar-refractivity contribution in [1.29, 1.82) is 0 Å². The number of hydrogen-bond acceptors (Lipinski definition) is 5. The van der Waals surface area contributed by atoms with Crippen molar-refractivity contribution >= 4 is 17.8 Å². The van der Waals surface area contributed by atoms with Crippen LogP contribution in [0.15, 0.2) is 18.2 Å². The first kappa shape index (κ1) is 20.7. The summed E-state index contributed by atoms with van der Waals surface area (Å²) in [4.78, 5) is 36.8. The molecule has 0 bridgehead atoms. The summed E-state index contributed by atoms with van der Waals surface area (Å²) in [6, 6.07) is 4.58. The number of carbonyl (C=O) groups is 3. The summed E-state index contributed by atoms with van der Waals surface area (Å²) in [5.74, 6) is -1.09. The highest BCUT2D eigenvalue weighted by molar-refractivity contribution is 5.82. The van der Waals surface area contributed by atoms with Gasteiger partial charge in [0.15, 0.2) is 11.6 Å². The van der Waals surface area contributed by atoms with E-state index in [0.717, 1.165) is 5.56 Å². The predicted octanol–water partition coefficient (Wildman–Crippen LogP) is 1.44. The van der Waals surface area contributed by atoms with Crippen LogP contribution in [-0.2, 0) is 25.5 Å². The number of hydrogen-bond donors (Lipinski definition) is 1. The molecule has 1 saturated heterocycles. The van der Waals surface area contributed by atoms with Crippen molar-refractivity contribution in [1.82, 2.24) is 10.2 Å². The summed E-state index contributed by atoms with van der Waals surface area (Å²) in [5.41, 5.74) is 0.229. The predicted molar refractivity (Wildman–Crippen MR) is 95.7 cm³/mol. The Hall–Kier alpha value is -2.64. The van der Waals surface area contributed by atoms with E-state index in [1.165, 1.54) is 32.2 Å². The number of amides is 2. The number of likely N-dealkylation sites (N-methyl/N-ethyl adjacent to an activating group) is 1. The fourth-order valence-corrected chi connectivity index (χ4v) is 3.27. The maximum Gasteiger partial charge on any atom is 0.325 e. The normalized spacial score (nSPS) is 18.7. The number of benzene rings is 1. The number of rotatable bonds is 8. The molecule has 0 spiro atoms. The quantitative estimate of drug-likeness (QED) is 0.690. The Morgan fingerprint density at radius 3 is 2.67 bits per heavy atom. The van der Waals surface area contributed by atoms with Crippen LogP contribution >= 0.6 is 0 Å². The molecule has 7 nitrogen and oxygen atoms in total. The highest BCUT2D eigenvalue weighted by atomic mass is 19.1. The number of methoxy groups -OCH3 is 2. The summed E-state index contributed by atoms with van der Waals surface area (Å²) in [7, 11) is 4.19. The van der Waals surface area contributed by atoms with Gasteiger partial charge in [-0.25, -0.2) is 4.39 Å². The second-order valence-corrected chi connectivity index (χ2v) is 6.80. The highest BCUT2D eigenvalue weighted by Gasteiger charge is 2.38. The molecule has 1 fully saturated rings. The molecule has 0 saturated carbocycles. The lowest BCUT2D eigenvalue weighted by Crippen LogP contribution is -2.45. The summed E-state index contributed by atoms with van der Waals surface area (Å²) >= 11 is 0. The maximum absolute atomic E-state index is 13.6. The van der Waals surface area contributed by atoms with Gasteiger partial charge in [-0.3, -0.25) is 14.4 Å². The van der Waals surface area contributed by atoms with Crippen molar-refractivity contribution in [2.45, 2.75) is 37.6 Å². The Bertz CT molecular complexity index is 724. The molecule has 148 valence electrons. The Kier molecular flexibility index (Phi) is 6.76. The number of nitrogens with zero attached hydrogens (tertiary/aromatic N) is 1. The Morgan fingerprint density at radius 1 is 1.33 bits per heavy atom. The van der Waals surface area contributed by atoms with E-state index in [1.54, 1.807) is 12.1 Å². The standard InChI is InChI=1S/C19H25FN2O5/c1-22(12-18(25)27-3)17(24)7-9-19(8-6-16(23)21-19)11-13-4-5-14(20)15(10-13)26-2/h4-5,10H,6-9,11-12H2,1-3H3,(H,21,23)/t19-/m1/s1. The number of carbonyl (C=O) groups excluding carboxylic acids is 3. The van der Waals surface area contributed by atoms with Gasteiger partial charge < -0.3 is 19.7 Å². The molecule has 2 amide bonds. The van der Waals surface area contributed by atoms with Crippen molar-refractivity contribution in [2.75, 3.05) is 27.8 Å². The second-order valence-electron chi connectivity index (χ2n) is 6.80. The van der Waals surface area contributed by atoms with Gasteiger partial charge in [-0.2, -0.15) is 0 Å². The van der Waals surface area contributed by atoms with E-state index in [9.17, 15) is 18.8 Å². The van der Waals surface area contributed by atoms with E-state index in [4.69, 9.17) is 4.74 Å². The summed E-state index contributed by atoms with van der Waals surface area (Å²) in [6.07, 6.45) is 2.02. The van der Waals surface area contributed by atoms with Gasteiger partial charge in [-0.15, -0.1) is 0 Å². The monoisotopic (exact) mass is 380 g/mol. The zero-order chi connectivity index (χ0) is 20.0. The molecule has 1 aromatic carbocycles. The molecule has 8 heteroatoms. The van der Waals surface area contributed by atoms with Crippen LogP contribution < -0.4 is 10.1 Å². The van der Waals surface area contributed by atoms with Crippen LogP contribution in [0.2, 0.25) is 0 Å². The Balaban J connectivity index is 2.07. The lowest BCUT2D eigenvalue weighted by molar-refractivity contribution is -0.146. The van der Waals surface area contributed by atoms with Crippen molar-refractivity contribution in [3.05, 3.63) is 29.6 Å². The van der Waals surface area contributed by atoms with Crippen molar-refractivity contribution in [3.8, 4) is 5.75 Å². The number of ether oxygens (including phenoxy) is 2. The van der Waals surface area contributed by atoms with Crippen LogP contribution in [0.3, 0.4) is 0 Å². The van der Waals surface area contributed by atoms with Crippen LogP contribution in [0.5, 0.6) is 5.75 Å². The van der Waals surface area contributed by atoms with Crippen molar-refractivity contribution < 1.29 is 28.2 Å². The summed E-state index contributed by atoms with van der Waals surface area (Å²) in [6.45, 7) is -0.121. The van der Waals surface area contributed by atoms with Gasteiger partial charge in [0.25, 0.3) is 0 Å². The van der Waals surface area contributed by atoms with Gasteiger partial charge in [0, 0.05) is 25.4 Å². The van der Waals surface area contributed by atoms with E-state index in [0.29, 0.717) is 25.7 Å². The van der Waals surface area contributed by atoms with Crippen LogP contribution in [0.1, 0.15) is 31.2 Å². The van der Waals surface area contributed by atoms with E-state index in [1.807, 2.05) is 0 Å². The van der Waals surface area contributed by atoms with Gasteiger partial charge in [0.2, 0.25) is 11.8 Å². The number of esters is 1. The van der Waals surface area contributed by atoms with E-state index < -0.39 is 17.3 Å². The fraction of sp³-hybridized carbons (Fsp3) is 0.526. The minimum absolute atomic E-state index is 0.0700. The molecule has 0 radical (unpaired) electrons. The molecule has 2 rings (SSSR count). The Morgan fingerprint density at radius 2 is 2.07 bits per heavy atom. The molecule has 27 heavy (non-hydrogen) atoms. The van der Waals surface area contributed by atoms with Crippen LogP contribution in [0.4, 0.5) is 4.39 Å². The Labute approximate surface area is 157 Å². The van der Waals surface area contributed by atoms with E-state index in [2.05, 4.69) is 10.1 Å². The average Bonchev–Trinajstić information content (AvgIpc) is 3.01. The van der Waals surface area contributed by atoms with Crippen LogP contribution in [0.25, 0.3) is 0 Å². The molecule has 1 atom stereocenters. The zero-order valence-corrected chi connectivity index (χ0v) is 15.8. The third kappa shape index (κ3) is 5.42. The minimum atomic E-state index is -0.582. The van der Waals surface area contributed by atoms with Crippen molar-refractivity contribution in [2.24, 2.45) is 0 Å². The molecule has 0 unspecified atom stereocenters. The first-order chi connectivity index (χ1) is 12.8. The summed E-state index contributed by atoms with van der Waals surface area (Å²) < 4.78 is 23.2. The van der Waals surface area contributed by atoms with Crippen molar-refractivity contribution in [3.63, 3.8) is 0 Å². The topological polar surface area (TPSA) is 84.9 Å².